The first-order valence-corrected chi connectivity index (χ1v) is 9.76. The lowest BCUT2D eigenvalue weighted by Gasteiger charge is -2.09. The number of aryl methyl sites for hydroxylation is 1. The van der Waals surface area contributed by atoms with Crippen LogP contribution in [0.1, 0.15) is 29.8 Å². The predicted octanol–water partition coefficient (Wildman–Crippen LogP) is -0.155. The van der Waals surface area contributed by atoms with E-state index in [1.165, 1.54) is 13.8 Å². The van der Waals surface area contributed by atoms with E-state index in [1.54, 1.807) is 0 Å². The van der Waals surface area contributed by atoms with Crippen molar-refractivity contribution in [2.24, 2.45) is 0 Å². The summed E-state index contributed by atoms with van der Waals surface area (Å²) in [5, 5.41) is 26.4. The number of aromatic hydroxyl groups is 1. The van der Waals surface area contributed by atoms with Crippen LogP contribution in [-0.4, -0.2) is 26.4 Å². The van der Waals surface area contributed by atoms with Crippen LogP contribution in [-0.2, 0) is 0 Å². The topological polar surface area (TPSA) is 146 Å². The predicted molar refractivity (Wildman–Crippen MR) is 114 cm³/mol. The normalized spacial score (nSPS) is 13.6. The summed E-state index contributed by atoms with van der Waals surface area (Å²) in [7, 11) is 0. The summed E-state index contributed by atoms with van der Waals surface area (Å²) in [5.74, 6) is -2.50. The number of aliphatic hydroxyl groups is 2. The van der Waals surface area contributed by atoms with Gasteiger partial charge in [-0.2, -0.15) is 0 Å². The molecule has 3 rings (SSSR count). The van der Waals surface area contributed by atoms with Crippen LogP contribution in [0.4, 0.5) is 0 Å². The van der Waals surface area contributed by atoms with Crippen molar-refractivity contribution in [3.63, 3.8) is 0 Å². The minimum atomic E-state index is -1.20. The van der Waals surface area contributed by atoms with Crippen LogP contribution in [0, 0.1) is 17.4 Å². The van der Waals surface area contributed by atoms with Crippen LogP contribution in [0.5, 0.6) is 5.75 Å². The zero-order valence-electron chi connectivity index (χ0n) is 16.0. The lowest BCUT2D eigenvalue weighted by atomic mass is 9.93. The number of aliphatic hydroxyl groups excluding tert-OH is 2. The monoisotopic (exact) mass is 474 g/mol. The summed E-state index contributed by atoms with van der Waals surface area (Å²) < 4.78 is 0. The molecule has 0 unspecified atom stereocenters. The maximum atomic E-state index is 13.4. The van der Waals surface area contributed by atoms with Crippen molar-refractivity contribution in [1.82, 2.24) is 0 Å². The van der Waals surface area contributed by atoms with E-state index in [4.69, 9.17) is 0 Å². The molecule has 1 aromatic rings. The van der Waals surface area contributed by atoms with E-state index >= 15 is 0 Å². The standard InChI is InChI=1S/C21H15BrO8/c1-6-4-9(25)13-15(11(6)7(2)23)21(30)16-12(8(3)24)18(27)14(10(26)5-22)20(29)17(16)19(13)28/h4,24-26H,5H2,1-3H3/b12-8+,14-10+. The first-order chi connectivity index (χ1) is 13.9. The fourth-order valence-corrected chi connectivity index (χ4v) is 4.06. The average Bonchev–Trinajstić information content (AvgIpc) is 2.64. The second-order valence-electron chi connectivity index (χ2n) is 6.88. The zero-order chi connectivity index (χ0) is 22.7. The molecule has 0 fully saturated rings. The maximum Gasteiger partial charge on any atom is 0.205 e. The van der Waals surface area contributed by atoms with Gasteiger partial charge in [0.2, 0.25) is 16.3 Å². The first-order valence-electron chi connectivity index (χ1n) is 8.64. The molecular weight excluding hydrogens is 460 g/mol. The number of hydrogen-bond acceptors (Lipinski definition) is 8. The van der Waals surface area contributed by atoms with Crippen molar-refractivity contribution in [1.29, 1.82) is 0 Å². The lowest BCUT2D eigenvalue weighted by Crippen LogP contribution is -2.53. The van der Waals surface area contributed by atoms with Gasteiger partial charge in [0, 0.05) is 10.9 Å². The van der Waals surface area contributed by atoms with E-state index < -0.39 is 76.4 Å². The Labute approximate surface area is 175 Å². The fourth-order valence-electron chi connectivity index (χ4n) is 3.78. The van der Waals surface area contributed by atoms with Crippen LogP contribution in [0.2, 0.25) is 0 Å². The summed E-state index contributed by atoms with van der Waals surface area (Å²) in [4.78, 5) is 64.6. The minimum absolute atomic E-state index is 0.132. The number of rotatable bonds is 2. The van der Waals surface area contributed by atoms with E-state index in [9.17, 15) is 39.3 Å². The fraction of sp³-hybridized carbons (Fsp3) is 0.190. The summed E-state index contributed by atoms with van der Waals surface area (Å²) in [6.07, 6.45) is 0. The van der Waals surface area contributed by atoms with Crippen LogP contribution in [0.3, 0.4) is 0 Å². The molecule has 2 aliphatic rings. The number of hydrogen-bond donors (Lipinski definition) is 3. The Kier molecular flexibility index (Phi) is 5.11. The Morgan fingerprint density at radius 3 is 1.97 bits per heavy atom. The molecule has 0 radical (unpaired) electrons. The van der Waals surface area contributed by atoms with Gasteiger partial charge < -0.3 is 15.3 Å². The second kappa shape index (κ2) is 7.17. The maximum absolute atomic E-state index is 13.4. The SMILES string of the molecule is CC(=O)c1c(C)cc(O)c2c(=O)c3c(=O)/c(=C(/O)CBr)c(=O)/c(=C(\C)O)c=3c(=O)c12. The number of alkyl halides is 1. The molecular formula is C21H15BrO8. The van der Waals surface area contributed by atoms with Gasteiger partial charge in [0.1, 0.15) is 22.5 Å². The van der Waals surface area contributed by atoms with E-state index in [1.807, 2.05) is 0 Å². The molecule has 154 valence electrons. The number of phenolic OH excluding ortho intramolecular Hbond substituents is 1. The van der Waals surface area contributed by atoms with E-state index in [0.717, 1.165) is 13.0 Å². The average molecular weight is 475 g/mol. The van der Waals surface area contributed by atoms with E-state index in [-0.39, 0.29) is 16.5 Å². The van der Waals surface area contributed by atoms with Crippen LogP contribution < -0.4 is 32.2 Å². The summed E-state index contributed by atoms with van der Waals surface area (Å²) in [5.41, 5.74) is -4.35. The van der Waals surface area contributed by atoms with Gasteiger partial charge >= 0.3 is 0 Å². The van der Waals surface area contributed by atoms with Gasteiger partial charge in [-0.3, -0.25) is 24.0 Å². The minimum Gasteiger partial charge on any atom is -0.512 e. The third-order valence-corrected chi connectivity index (χ3v) is 5.48. The van der Waals surface area contributed by atoms with Crippen LogP contribution in [0.15, 0.2) is 25.2 Å². The highest BCUT2D eigenvalue weighted by Gasteiger charge is 2.23. The summed E-state index contributed by atoms with van der Waals surface area (Å²) in [6.45, 7) is 3.71. The molecule has 0 aromatic heterocycles. The number of phenols is 1. The highest BCUT2D eigenvalue weighted by Crippen LogP contribution is 2.26. The number of carbonyl (C=O) groups is 1. The molecule has 0 spiro atoms. The van der Waals surface area contributed by atoms with Gasteiger partial charge in [-0.1, -0.05) is 15.9 Å². The first kappa shape index (κ1) is 21.4. The number of halogens is 1. The van der Waals surface area contributed by atoms with Crippen molar-refractivity contribution >= 4 is 44.0 Å². The molecule has 30 heavy (non-hydrogen) atoms. The van der Waals surface area contributed by atoms with E-state index in [2.05, 4.69) is 15.9 Å². The van der Waals surface area contributed by atoms with Gasteiger partial charge in [0.05, 0.1) is 26.4 Å². The number of ketones is 1. The van der Waals surface area contributed by atoms with Gasteiger partial charge in [0.25, 0.3) is 0 Å². The van der Waals surface area contributed by atoms with Crippen molar-refractivity contribution in [2.45, 2.75) is 20.8 Å². The quantitative estimate of drug-likeness (QED) is 0.343. The Morgan fingerprint density at radius 1 is 0.900 bits per heavy atom. The molecule has 3 N–H and O–H groups in total. The Balaban J connectivity index is 3.12. The lowest BCUT2D eigenvalue weighted by molar-refractivity contribution is 0.101. The molecule has 0 atom stereocenters. The largest absolute Gasteiger partial charge is 0.512 e. The highest BCUT2D eigenvalue weighted by atomic mass is 79.9. The second-order valence-corrected chi connectivity index (χ2v) is 7.44. The Morgan fingerprint density at radius 2 is 1.47 bits per heavy atom. The van der Waals surface area contributed by atoms with Gasteiger partial charge in [-0.05, 0) is 32.4 Å². The molecule has 0 heterocycles. The zero-order valence-corrected chi connectivity index (χ0v) is 17.6. The number of carbonyl (C=O) groups excluding carboxylic acids is 1. The molecule has 0 saturated heterocycles. The van der Waals surface area contributed by atoms with Crippen LogP contribution in [0.25, 0.3) is 22.3 Å². The third-order valence-electron chi connectivity index (χ3n) is 4.95. The summed E-state index contributed by atoms with van der Waals surface area (Å²) >= 11 is 2.91. The van der Waals surface area contributed by atoms with Gasteiger partial charge in [0.15, 0.2) is 11.2 Å². The molecule has 0 bridgehead atoms. The molecule has 8 nitrogen and oxygen atoms in total. The van der Waals surface area contributed by atoms with Crippen molar-refractivity contribution in [3.05, 3.63) is 79.0 Å². The van der Waals surface area contributed by atoms with E-state index in [0.29, 0.717) is 0 Å². The smallest absolute Gasteiger partial charge is 0.205 e. The molecule has 0 aliphatic heterocycles. The van der Waals surface area contributed by atoms with Crippen LogP contribution >= 0.6 is 15.9 Å². The number of Topliss-reactive ketones (excluding diaryl/α,β-unsaturated/α-hetero) is 1. The Bertz CT molecular complexity index is 1670. The molecule has 0 saturated carbocycles. The molecule has 1 aromatic carbocycles. The number of fused-ring (bicyclic) bond motifs is 1. The highest BCUT2D eigenvalue weighted by molar-refractivity contribution is 9.09. The number of benzene rings is 1. The van der Waals surface area contributed by atoms with Crippen molar-refractivity contribution in [3.8, 4) is 5.75 Å². The Hall–Kier alpha value is -3.33. The van der Waals surface area contributed by atoms with Gasteiger partial charge in [-0.15, -0.1) is 0 Å². The van der Waals surface area contributed by atoms with Crippen molar-refractivity contribution in [2.75, 3.05) is 5.33 Å². The molecule has 2 aliphatic carbocycles. The van der Waals surface area contributed by atoms with Crippen molar-refractivity contribution < 1.29 is 20.1 Å². The van der Waals surface area contributed by atoms with Gasteiger partial charge in [-0.25, -0.2) is 0 Å². The summed E-state index contributed by atoms with van der Waals surface area (Å²) in [6, 6.07) is 1.13. The third kappa shape index (κ3) is 2.77. The molecule has 9 heteroatoms. The molecule has 0 amide bonds.